The standard InChI is InChI=1S/C42H65N3O43S3/c1-7(46)43-13-19(52)16(49)10(4-75-89(66,67)68)78-38(13)84-29-21(54)24(57)41(87-32(29)35(61)62)83-27-15(45-9(3)48)40(80-12(18(27)51)6-77-91(72,73)74)86-30-22(55)25(58)42(88-33(30)36(63)64)82-26-14(44-8(2)47)39(79-11(17(26)50)5-76-90(69,70)71)85-28-20(53)23(56)37(65)81-31(28)34(59)60/h10-33,37-42,49-58,65H,4-6H2,1-3H3,(H,43,46)(H,44,47)(H,45,48)(H,59,60)(H,61,62)(H,63,64)(H,66,67,68)(H,69,70,71)(H,72,73,74)/p-6/t10-,11-,12-,13-,14-,15-,16-,17-,18-,19-,20-,21-,22-,23-,24-,25-,26-,27-,28+,29+,30+,31+,32+,33+,37-,38+,39+,40+,41-,42-/m1/s1. The maximum atomic E-state index is 13.0. The van der Waals surface area contributed by atoms with Gasteiger partial charge in [0.05, 0.1) is 37.7 Å². The quantitative estimate of drug-likeness (QED) is 0.0298. The van der Waals surface area contributed by atoms with Crippen LogP contribution in [-0.4, -0.2) is 335 Å². The first-order chi connectivity index (χ1) is 42.0. The van der Waals surface area contributed by atoms with Gasteiger partial charge >= 0.3 is 0 Å². The van der Waals surface area contributed by atoms with Gasteiger partial charge in [0, 0.05) is 20.8 Å². The molecule has 0 aromatic rings. The van der Waals surface area contributed by atoms with E-state index in [2.05, 4.69) is 28.5 Å². The normalized spacial score (nSPS) is 42.6. The van der Waals surface area contributed by atoms with Crippen LogP contribution in [0.3, 0.4) is 0 Å². The second-order valence-corrected chi connectivity index (χ2v) is 23.7. The molecule has 0 aliphatic carbocycles. The number of carbonyl (C=O) groups is 6. The Hall–Kier alpha value is -4.45. The monoisotopic (exact) mass is 1390 g/mol. The molecular weight excluding hydrogens is 1330 g/mol. The maximum Gasteiger partial charge on any atom is 0.217 e. The lowest BCUT2D eigenvalue weighted by atomic mass is 9.93. The molecule has 0 radical (unpaired) electrons. The highest BCUT2D eigenvalue weighted by atomic mass is 32.3. The highest BCUT2D eigenvalue weighted by Crippen LogP contribution is 2.38. The first-order valence-electron chi connectivity index (χ1n) is 25.9. The van der Waals surface area contributed by atoms with Crippen LogP contribution in [0.4, 0.5) is 0 Å². The summed E-state index contributed by atoms with van der Waals surface area (Å²) in [6.07, 6.45) is -68.6. The van der Waals surface area contributed by atoms with Crippen LogP contribution in [0.25, 0.3) is 0 Å². The summed E-state index contributed by atoms with van der Waals surface area (Å²) in [6.45, 7) is -2.20. The van der Waals surface area contributed by atoms with E-state index in [4.69, 9.17) is 52.1 Å². The molecule has 0 unspecified atom stereocenters. The lowest BCUT2D eigenvalue weighted by Crippen LogP contribution is -2.72. The fourth-order valence-electron chi connectivity index (χ4n) is 10.0. The Bertz CT molecular complexity index is 2920. The van der Waals surface area contributed by atoms with Gasteiger partial charge in [0.1, 0.15) is 146 Å². The molecule has 524 valence electrons. The lowest BCUT2D eigenvalue weighted by Gasteiger charge is -2.51. The first-order valence-corrected chi connectivity index (χ1v) is 29.9. The van der Waals surface area contributed by atoms with Crippen LogP contribution in [0, 0.1) is 0 Å². The van der Waals surface area contributed by atoms with Crippen LogP contribution >= 0.6 is 0 Å². The predicted octanol–water partition coefficient (Wildman–Crippen LogP) is -18.9. The number of amides is 3. The van der Waals surface area contributed by atoms with E-state index in [1.54, 1.807) is 0 Å². The number of rotatable bonds is 25. The number of carbonyl (C=O) groups excluding carboxylic acids is 6. The Morgan fingerprint density at radius 3 is 0.934 bits per heavy atom. The van der Waals surface area contributed by atoms with E-state index < -0.39 is 271 Å². The Morgan fingerprint density at radius 1 is 0.352 bits per heavy atom. The number of carboxylic acids is 3. The smallest absolute Gasteiger partial charge is 0.217 e. The topological polar surface area (TPSA) is 731 Å². The Morgan fingerprint density at radius 2 is 0.626 bits per heavy atom. The van der Waals surface area contributed by atoms with Crippen molar-refractivity contribution < 1.29 is 204 Å². The van der Waals surface area contributed by atoms with E-state index in [1.165, 1.54) is 0 Å². The minimum Gasteiger partial charge on any atom is -0.726 e. The third kappa shape index (κ3) is 18.9. The van der Waals surface area contributed by atoms with Crippen LogP contribution in [0.15, 0.2) is 0 Å². The van der Waals surface area contributed by atoms with Crippen LogP contribution in [0.5, 0.6) is 0 Å². The van der Waals surface area contributed by atoms with E-state index in [9.17, 15) is 139 Å². The molecule has 3 amide bonds. The highest BCUT2D eigenvalue weighted by molar-refractivity contribution is 7.81. The minimum atomic E-state index is -5.80. The summed E-state index contributed by atoms with van der Waals surface area (Å²) in [5.41, 5.74) is 0. The summed E-state index contributed by atoms with van der Waals surface area (Å²) in [5, 5.41) is 166. The number of carboxylic acid groups (broad SMARTS) is 3. The summed E-state index contributed by atoms with van der Waals surface area (Å²) in [7, 11) is -17.1. The molecule has 6 aliphatic heterocycles. The fourth-order valence-corrected chi connectivity index (χ4v) is 10.9. The Labute approximate surface area is 510 Å². The number of aliphatic hydroxyl groups is 11. The molecule has 30 atom stereocenters. The van der Waals surface area contributed by atoms with Gasteiger partial charge in [-0.15, -0.1) is 0 Å². The van der Waals surface area contributed by atoms with Crippen molar-refractivity contribution in [3.63, 3.8) is 0 Å². The van der Waals surface area contributed by atoms with E-state index in [1.807, 2.05) is 0 Å². The molecule has 0 bridgehead atoms. The predicted molar refractivity (Wildman–Crippen MR) is 253 cm³/mol. The molecule has 0 aromatic carbocycles. The van der Waals surface area contributed by atoms with Crippen molar-refractivity contribution in [2.24, 2.45) is 0 Å². The molecule has 0 spiro atoms. The van der Waals surface area contributed by atoms with Crippen LogP contribution < -0.4 is 31.3 Å². The summed E-state index contributed by atoms with van der Waals surface area (Å²) in [4.78, 5) is 75.4. The van der Waals surface area contributed by atoms with Gasteiger partial charge in [-0.05, 0) is 0 Å². The maximum absolute atomic E-state index is 13.0. The average Bonchev–Trinajstić information content (AvgIpc) is 0.782. The average molecular weight is 1390 g/mol. The van der Waals surface area contributed by atoms with Crippen molar-refractivity contribution in [3.05, 3.63) is 0 Å². The lowest BCUT2D eigenvalue weighted by molar-refractivity contribution is -0.392. The van der Waals surface area contributed by atoms with Gasteiger partial charge in [-0.1, -0.05) is 0 Å². The van der Waals surface area contributed by atoms with Gasteiger partial charge in [-0.25, -0.2) is 25.3 Å². The molecule has 0 saturated carbocycles. The molecule has 14 N–H and O–H groups in total. The number of hydrogen-bond acceptors (Lipinski definition) is 43. The van der Waals surface area contributed by atoms with Gasteiger partial charge in [0.25, 0.3) is 0 Å². The summed E-state index contributed by atoms with van der Waals surface area (Å²) >= 11 is 0. The third-order valence-electron chi connectivity index (χ3n) is 14.1. The van der Waals surface area contributed by atoms with Crippen molar-refractivity contribution >= 4 is 66.8 Å². The summed E-state index contributed by atoms with van der Waals surface area (Å²) in [6, 6.07) is -6.58. The Balaban J connectivity index is 1.32. The first kappa shape index (κ1) is 75.6. The van der Waals surface area contributed by atoms with Crippen molar-refractivity contribution in [3.8, 4) is 0 Å². The summed E-state index contributed by atoms with van der Waals surface area (Å²) in [5.74, 6) is -10.5. The second-order valence-electron chi connectivity index (χ2n) is 20.5. The second kappa shape index (κ2) is 30.5. The third-order valence-corrected chi connectivity index (χ3v) is 15.4. The molecule has 0 aromatic heterocycles. The number of aliphatic hydroxyl groups excluding tert-OH is 11. The molecule has 91 heavy (non-hydrogen) atoms. The van der Waals surface area contributed by atoms with Crippen molar-refractivity contribution in [1.29, 1.82) is 0 Å². The number of ether oxygens (including phenoxy) is 11. The number of aliphatic carboxylic acids is 3. The van der Waals surface area contributed by atoms with E-state index in [0.29, 0.717) is 0 Å². The number of nitrogens with one attached hydrogen (secondary N) is 3. The fraction of sp³-hybridized carbons (Fsp3) is 0.857. The molecule has 6 aliphatic rings. The van der Waals surface area contributed by atoms with E-state index in [-0.39, 0.29) is 0 Å². The minimum absolute atomic E-state index is 0.719. The molecule has 6 heterocycles. The number of hydrogen-bond donors (Lipinski definition) is 14. The largest absolute Gasteiger partial charge is 0.726 e. The molecule has 6 rings (SSSR count). The molecule has 6 fully saturated rings. The van der Waals surface area contributed by atoms with E-state index in [0.717, 1.165) is 20.8 Å². The van der Waals surface area contributed by atoms with Gasteiger partial charge in [-0.2, -0.15) is 0 Å². The van der Waals surface area contributed by atoms with Crippen molar-refractivity contribution in [1.82, 2.24) is 16.0 Å². The molecule has 49 heteroatoms. The van der Waals surface area contributed by atoms with Gasteiger partial charge < -0.3 is 168 Å². The van der Waals surface area contributed by atoms with Gasteiger partial charge in [0.2, 0.25) is 48.9 Å². The van der Waals surface area contributed by atoms with Crippen LogP contribution in [0.2, 0.25) is 0 Å². The zero-order valence-corrected chi connectivity index (χ0v) is 48.6. The van der Waals surface area contributed by atoms with Crippen molar-refractivity contribution in [2.45, 2.75) is 205 Å². The van der Waals surface area contributed by atoms with Gasteiger partial charge in [-0.3, -0.25) is 26.9 Å². The molecular formula is C42H59N3O43S3-6. The van der Waals surface area contributed by atoms with Gasteiger partial charge in [0.15, 0.2) is 37.7 Å². The zero-order valence-electron chi connectivity index (χ0n) is 46.1. The van der Waals surface area contributed by atoms with Crippen molar-refractivity contribution in [2.75, 3.05) is 19.8 Å². The van der Waals surface area contributed by atoms with E-state index >= 15 is 0 Å². The zero-order chi connectivity index (χ0) is 68.4. The van der Waals surface area contributed by atoms with Crippen LogP contribution in [-0.2, 0) is 125 Å². The highest BCUT2D eigenvalue weighted by Gasteiger charge is 2.59. The SMILES string of the molecule is CC(=O)N[C@H]1[C@H](O[C@H]2[C@H](O)[C@@H](O)[C@H](O[C@H]3[C@H](O)[C@@H](COS(=O)(=O)[O-])O[C@@H](O[C@H]4[C@H](O)[C@@H](O)[C@H](O[C@H]5[C@H](O)[C@@H](COS(=O)(=O)[O-])O[C@@H](O[C@H]6[C@H](O)[C@@H](O)[C@H](O)O[C@@H]6C(=O)[O-])[C@@H]5NC(C)=O)O[C@@H]4C(=O)[O-])[C@@H]3NC(C)=O)O[C@@H]2C(=O)[O-])O[C@H](COS(=O)(=O)[O-])[C@@H](O)[C@@H]1O. The van der Waals surface area contributed by atoms with Crippen LogP contribution in [0.1, 0.15) is 20.8 Å². The molecule has 6 saturated heterocycles. The molecule has 46 nitrogen and oxygen atoms in total. The Kier molecular flexibility index (Phi) is 25.3. The summed E-state index contributed by atoms with van der Waals surface area (Å²) < 4.78 is 175.